The lowest BCUT2D eigenvalue weighted by Gasteiger charge is -2.10. The van der Waals surface area contributed by atoms with Crippen LogP contribution < -0.4 is 10.5 Å². The zero-order valence-corrected chi connectivity index (χ0v) is 13.1. The zero-order valence-electron chi connectivity index (χ0n) is 13.1. The third-order valence-corrected chi connectivity index (χ3v) is 4.32. The van der Waals surface area contributed by atoms with E-state index in [4.69, 9.17) is 15.5 Å². The molecule has 2 N–H and O–H groups in total. The van der Waals surface area contributed by atoms with Crippen molar-refractivity contribution in [2.24, 2.45) is 0 Å². The molecule has 1 heterocycles. The summed E-state index contributed by atoms with van der Waals surface area (Å²) in [5, 5.41) is 0. The van der Waals surface area contributed by atoms with Gasteiger partial charge in [0.25, 0.3) is 0 Å². The Kier molecular flexibility index (Phi) is 3.66. The van der Waals surface area contributed by atoms with Crippen molar-refractivity contribution in [2.75, 3.05) is 12.3 Å². The number of fused-ring (bicyclic) bond motifs is 1. The van der Waals surface area contributed by atoms with Crippen LogP contribution in [-0.2, 0) is 6.54 Å². The quantitative estimate of drug-likeness (QED) is 0.554. The van der Waals surface area contributed by atoms with Gasteiger partial charge in [0.05, 0.1) is 17.8 Å². The number of nitrogen functional groups attached to an aromatic ring is 1. The number of imidazole rings is 1. The van der Waals surface area contributed by atoms with Crippen LogP contribution in [0.5, 0.6) is 5.75 Å². The summed E-state index contributed by atoms with van der Waals surface area (Å²) in [6.07, 6.45) is 3.43. The SMILES string of the molecule is Nc1cccc2c1nc(C1CC1)n2CCCOc1ccccc1. The third kappa shape index (κ3) is 2.89. The molecule has 4 nitrogen and oxygen atoms in total. The van der Waals surface area contributed by atoms with Crippen LogP contribution in [0, 0.1) is 0 Å². The summed E-state index contributed by atoms with van der Waals surface area (Å²) in [7, 11) is 0. The Labute approximate surface area is 135 Å². The highest BCUT2D eigenvalue weighted by atomic mass is 16.5. The average molecular weight is 307 g/mol. The van der Waals surface area contributed by atoms with Gasteiger partial charge >= 0.3 is 0 Å². The minimum Gasteiger partial charge on any atom is -0.494 e. The highest BCUT2D eigenvalue weighted by Crippen LogP contribution is 2.41. The number of ether oxygens (including phenoxy) is 1. The molecule has 0 saturated heterocycles. The number of hydrogen-bond donors (Lipinski definition) is 1. The van der Waals surface area contributed by atoms with Crippen LogP contribution in [0.15, 0.2) is 48.5 Å². The third-order valence-electron chi connectivity index (χ3n) is 4.32. The molecule has 1 aliphatic rings. The van der Waals surface area contributed by atoms with E-state index in [-0.39, 0.29) is 0 Å². The Morgan fingerprint density at radius 1 is 1.09 bits per heavy atom. The first-order valence-corrected chi connectivity index (χ1v) is 8.25. The maximum Gasteiger partial charge on any atom is 0.119 e. The molecule has 23 heavy (non-hydrogen) atoms. The minimum atomic E-state index is 0.608. The van der Waals surface area contributed by atoms with Gasteiger partial charge in [0.15, 0.2) is 0 Å². The molecule has 0 bridgehead atoms. The molecule has 1 fully saturated rings. The fourth-order valence-corrected chi connectivity index (χ4v) is 3.00. The molecule has 4 rings (SSSR count). The van der Waals surface area contributed by atoms with Gasteiger partial charge < -0.3 is 15.0 Å². The van der Waals surface area contributed by atoms with Gasteiger partial charge in [0.2, 0.25) is 0 Å². The van der Waals surface area contributed by atoms with Crippen molar-refractivity contribution in [3.63, 3.8) is 0 Å². The summed E-state index contributed by atoms with van der Waals surface area (Å²) in [4.78, 5) is 4.81. The molecule has 1 aliphatic carbocycles. The Morgan fingerprint density at radius 3 is 2.70 bits per heavy atom. The number of rotatable bonds is 6. The van der Waals surface area contributed by atoms with Gasteiger partial charge in [0.1, 0.15) is 17.1 Å². The number of para-hydroxylation sites is 2. The van der Waals surface area contributed by atoms with E-state index in [1.165, 1.54) is 18.7 Å². The lowest BCUT2D eigenvalue weighted by atomic mass is 10.2. The van der Waals surface area contributed by atoms with E-state index < -0.39 is 0 Å². The summed E-state index contributed by atoms with van der Waals surface area (Å²) < 4.78 is 8.13. The Bertz CT molecular complexity index is 806. The standard InChI is InChI=1S/C19H21N3O/c20-16-8-4-9-17-18(16)21-19(14-10-11-14)22(17)12-5-13-23-15-6-2-1-3-7-15/h1-4,6-9,14H,5,10-13,20H2. The lowest BCUT2D eigenvalue weighted by Crippen LogP contribution is -2.07. The molecular formula is C19H21N3O. The number of hydrogen-bond acceptors (Lipinski definition) is 3. The summed E-state index contributed by atoms with van der Waals surface area (Å²) in [5.74, 6) is 2.73. The van der Waals surface area contributed by atoms with Gasteiger partial charge in [-0.2, -0.15) is 0 Å². The maximum atomic E-state index is 6.09. The molecule has 4 heteroatoms. The number of nitrogens with two attached hydrogens (primary N) is 1. The fraction of sp³-hybridized carbons (Fsp3) is 0.316. The highest BCUT2D eigenvalue weighted by molar-refractivity contribution is 5.87. The van der Waals surface area contributed by atoms with E-state index >= 15 is 0 Å². The largest absolute Gasteiger partial charge is 0.494 e. The molecule has 0 radical (unpaired) electrons. The van der Waals surface area contributed by atoms with Crippen LogP contribution in [0.2, 0.25) is 0 Å². The summed E-state index contributed by atoms with van der Waals surface area (Å²) >= 11 is 0. The van der Waals surface area contributed by atoms with Crippen molar-refractivity contribution in [1.29, 1.82) is 0 Å². The maximum absolute atomic E-state index is 6.09. The van der Waals surface area contributed by atoms with E-state index in [1.807, 2.05) is 42.5 Å². The molecule has 118 valence electrons. The molecule has 3 aromatic rings. The first-order chi connectivity index (χ1) is 11.3. The summed E-state index contributed by atoms with van der Waals surface area (Å²) in [5.41, 5.74) is 8.94. The van der Waals surface area contributed by atoms with E-state index in [0.29, 0.717) is 12.5 Å². The molecule has 1 saturated carbocycles. The second-order valence-electron chi connectivity index (χ2n) is 6.13. The fourth-order valence-electron chi connectivity index (χ4n) is 3.00. The molecule has 0 amide bonds. The van der Waals surface area contributed by atoms with Crippen LogP contribution in [0.3, 0.4) is 0 Å². The van der Waals surface area contributed by atoms with Crippen LogP contribution in [-0.4, -0.2) is 16.2 Å². The topological polar surface area (TPSA) is 53.1 Å². The van der Waals surface area contributed by atoms with E-state index in [9.17, 15) is 0 Å². The zero-order chi connectivity index (χ0) is 15.6. The Hall–Kier alpha value is -2.49. The van der Waals surface area contributed by atoms with Gasteiger partial charge in [-0.15, -0.1) is 0 Å². The number of aromatic nitrogens is 2. The van der Waals surface area contributed by atoms with Gasteiger partial charge in [0, 0.05) is 12.5 Å². The van der Waals surface area contributed by atoms with Crippen LogP contribution in [0.4, 0.5) is 5.69 Å². The van der Waals surface area contributed by atoms with Crippen molar-refractivity contribution in [2.45, 2.75) is 31.7 Å². The van der Waals surface area contributed by atoms with Crippen molar-refractivity contribution >= 4 is 16.7 Å². The predicted molar refractivity (Wildman–Crippen MR) is 92.7 cm³/mol. The number of benzene rings is 2. The van der Waals surface area contributed by atoms with Gasteiger partial charge in [-0.1, -0.05) is 24.3 Å². The second kappa shape index (κ2) is 5.95. The first kappa shape index (κ1) is 14.1. The average Bonchev–Trinajstić information content (AvgIpc) is 3.35. The molecule has 2 aromatic carbocycles. The summed E-state index contributed by atoms with van der Waals surface area (Å²) in [6.45, 7) is 1.62. The molecule has 0 spiro atoms. The van der Waals surface area contributed by atoms with Gasteiger partial charge in [-0.3, -0.25) is 0 Å². The summed E-state index contributed by atoms with van der Waals surface area (Å²) in [6, 6.07) is 16.0. The van der Waals surface area contributed by atoms with Crippen molar-refractivity contribution in [1.82, 2.24) is 9.55 Å². The van der Waals surface area contributed by atoms with E-state index in [1.54, 1.807) is 0 Å². The molecule has 0 atom stereocenters. The normalized spacial score (nSPS) is 14.3. The number of anilines is 1. The number of aryl methyl sites for hydroxylation is 1. The highest BCUT2D eigenvalue weighted by Gasteiger charge is 2.29. The van der Waals surface area contributed by atoms with Crippen molar-refractivity contribution in [3.05, 3.63) is 54.4 Å². The molecule has 0 unspecified atom stereocenters. The molecule has 1 aromatic heterocycles. The Morgan fingerprint density at radius 2 is 1.91 bits per heavy atom. The van der Waals surface area contributed by atoms with Crippen LogP contribution in [0.1, 0.15) is 31.0 Å². The van der Waals surface area contributed by atoms with Crippen LogP contribution in [0.25, 0.3) is 11.0 Å². The number of nitrogens with zero attached hydrogens (tertiary/aromatic N) is 2. The minimum absolute atomic E-state index is 0.608. The Balaban J connectivity index is 1.49. The van der Waals surface area contributed by atoms with Gasteiger partial charge in [-0.25, -0.2) is 4.98 Å². The van der Waals surface area contributed by atoms with Crippen molar-refractivity contribution in [3.8, 4) is 5.75 Å². The van der Waals surface area contributed by atoms with E-state index in [2.05, 4.69) is 10.6 Å². The van der Waals surface area contributed by atoms with E-state index in [0.717, 1.165) is 35.4 Å². The second-order valence-corrected chi connectivity index (χ2v) is 6.13. The lowest BCUT2D eigenvalue weighted by molar-refractivity contribution is 0.302. The van der Waals surface area contributed by atoms with Crippen LogP contribution >= 0.6 is 0 Å². The van der Waals surface area contributed by atoms with Gasteiger partial charge in [-0.05, 0) is 43.5 Å². The predicted octanol–water partition coefficient (Wildman–Crippen LogP) is 3.97. The van der Waals surface area contributed by atoms with Crippen molar-refractivity contribution < 1.29 is 4.74 Å². The smallest absolute Gasteiger partial charge is 0.119 e. The molecule has 0 aliphatic heterocycles. The monoisotopic (exact) mass is 307 g/mol. The first-order valence-electron chi connectivity index (χ1n) is 8.25. The molecular weight excluding hydrogens is 286 g/mol.